The Bertz CT molecular complexity index is 965. The van der Waals surface area contributed by atoms with Crippen molar-refractivity contribution in [2.45, 2.75) is 0 Å². The minimum atomic E-state index is -0.509. The van der Waals surface area contributed by atoms with Gasteiger partial charge in [0.1, 0.15) is 5.69 Å². The maximum absolute atomic E-state index is 12.1. The van der Waals surface area contributed by atoms with Crippen LogP contribution in [0.5, 0.6) is 0 Å². The van der Waals surface area contributed by atoms with E-state index in [1.54, 1.807) is 42.5 Å². The second kappa shape index (κ2) is 6.51. The van der Waals surface area contributed by atoms with Crippen LogP contribution in [0.3, 0.4) is 0 Å². The van der Waals surface area contributed by atoms with Crippen molar-refractivity contribution in [2.24, 2.45) is 5.10 Å². The summed E-state index contributed by atoms with van der Waals surface area (Å²) in [6.45, 7) is 0. The molecule has 0 aliphatic rings. The van der Waals surface area contributed by atoms with Crippen LogP contribution in [0.25, 0.3) is 10.9 Å². The summed E-state index contributed by atoms with van der Waals surface area (Å²) < 4.78 is 0. The van der Waals surface area contributed by atoms with E-state index in [1.165, 1.54) is 12.3 Å². The summed E-state index contributed by atoms with van der Waals surface area (Å²) in [6.07, 6.45) is 1.23. The number of amides is 1. The van der Waals surface area contributed by atoms with Crippen LogP contribution in [0.15, 0.2) is 53.6 Å². The zero-order chi connectivity index (χ0) is 17.1. The highest BCUT2D eigenvalue weighted by molar-refractivity contribution is 6.31. The number of nitro groups is 1. The average molecular weight is 343 g/mol. The molecule has 2 N–H and O–H groups in total. The first-order valence-corrected chi connectivity index (χ1v) is 7.27. The van der Waals surface area contributed by atoms with Crippen LogP contribution < -0.4 is 5.43 Å². The number of aromatic nitrogens is 1. The van der Waals surface area contributed by atoms with Gasteiger partial charge < -0.3 is 4.98 Å². The number of nitrogens with one attached hydrogen (secondary N) is 2. The van der Waals surface area contributed by atoms with E-state index >= 15 is 0 Å². The molecule has 1 amide bonds. The van der Waals surface area contributed by atoms with Crippen LogP contribution in [-0.4, -0.2) is 22.0 Å². The van der Waals surface area contributed by atoms with E-state index in [0.29, 0.717) is 16.3 Å². The fourth-order valence-electron chi connectivity index (χ4n) is 2.21. The van der Waals surface area contributed by atoms with Gasteiger partial charge in [-0.05, 0) is 30.3 Å². The molecule has 0 fully saturated rings. The number of hydrogen-bond donors (Lipinski definition) is 2. The number of para-hydroxylation sites is 1. The second-order valence-electron chi connectivity index (χ2n) is 4.93. The normalized spacial score (nSPS) is 11.0. The van der Waals surface area contributed by atoms with E-state index in [0.717, 1.165) is 10.9 Å². The number of nitro benzene ring substituents is 1. The molecule has 7 nitrogen and oxygen atoms in total. The topological polar surface area (TPSA) is 100 Å². The number of aromatic amines is 1. The highest BCUT2D eigenvalue weighted by atomic mass is 35.5. The summed E-state index contributed by atoms with van der Waals surface area (Å²) in [5, 5.41) is 16.1. The minimum Gasteiger partial charge on any atom is -0.350 e. The molecule has 0 atom stereocenters. The summed E-state index contributed by atoms with van der Waals surface area (Å²) in [5.41, 5.74) is 3.63. The van der Waals surface area contributed by atoms with Gasteiger partial charge >= 0.3 is 0 Å². The Morgan fingerprint density at radius 3 is 2.83 bits per heavy atom. The Balaban J connectivity index is 1.76. The molecular formula is C16H11ClN4O3. The van der Waals surface area contributed by atoms with Crippen molar-refractivity contribution in [3.63, 3.8) is 0 Å². The maximum Gasteiger partial charge on any atom is 0.287 e. The monoisotopic (exact) mass is 342 g/mol. The number of fused-ring (bicyclic) bond motifs is 1. The van der Waals surface area contributed by atoms with Gasteiger partial charge in [0.2, 0.25) is 0 Å². The number of H-pyrrole nitrogens is 1. The lowest BCUT2D eigenvalue weighted by Crippen LogP contribution is -2.17. The summed E-state index contributed by atoms with van der Waals surface area (Å²) >= 11 is 5.91. The summed E-state index contributed by atoms with van der Waals surface area (Å²) in [5.74, 6) is -0.461. The van der Waals surface area contributed by atoms with Crippen molar-refractivity contribution in [2.75, 3.05) is 0 Å². The first-order chi connectivity index (χ1) is 11.5. The van der Waals surface area contributed by atoms with Crippen LogP contribution in [0.1, 0.15) is 16.1 Å². The first-order valence-electron chi connectivity index (χ1n) is 6.90. The minimum absolute atomic E-state index is 0.0873. The van der Waals surface area contributed by atoms with Crippen molar-refractivity contribution in [3.8, 4) is 0 Å². The molecule has 8 heteroatoms. The van der Waals surface area contributed by atoms with E-state index in [1.807, 2.05) is 0 Å². The van der Waals surface area contributed by atoms with E-state index < -0.39 is 10.8 Å². The van der Waals surface area contributed by atoms with Crippen LogP contribution in [0, 0.1) is 10.1 Å². The Morgan fingerprint density at radius 2 is 2.04 bits per heavy atom. The van der Waals surface area contributed by atoms with Crippen molar-refractivity contribution < 1.29 is 9.72 Å². The largest absolute Gasteiger partial charge is 0.350 e. The molecule has 3 rings (SSSR count). The van der Waals surface area contributed by atoms with Gasteiger partial charge in [-0.25, -0.2) is 5.43 Å². The smallest absolute Gasteiger partial charge is 0.287 e. The molecule has 0 saturated heterocycles. The molecule has 0 unspecified atom stereocenters. The van der Waals surface area contributed by atoms with Gasteiger partial charge in [0, 0.05) is 22.0 Å². The standard InChI is InChI=1S/C16H11ClN4O3/c17-12-5-6-13-11(7-12)8-14(19-13)16(22)20-18-9-10-3-1-2-4-15(10)21(23)24/h1-9,19H,(H,20,22)/b18-9+. The van der Waals surface area contributed by atoms with E-state index in [-0.39, 0.29) is 5.69 Å². The molecule has 0 aliphatic carbocycles. The van der Waals surface area contributed by atoms with Gasteiger partial charge in [0.15, 0.2) is 0 Å². The molecule has 2 aromatic carbocycles. The quantitative estimate of drug-likeness (QED) is 0.431. The lowest BCUT2D eigenvalue weighted by molar-refractivity contribution is -0.385. The Kier molecular flexibility index (Phi) is 4.26. The molecule has 0 saturated carbocycles. The van der Waals surface area contributed by atoms with Crippen LogP contribution >= 0.6 is 11.6 Å². The number of nitrogens with zero attached hydrogens (tertiary/aromatic N) is 2. The SMILES string of the molecule is O=C(N/N=C/c1ccccc1[N+](=O)[O-])c1cc2cc(Cl)ccc2[nH]1. The number of rotatable bonds is 4. The molecule has 0 aliphatic heterocycles. The van der Waals surface area contributed by atoms with Gasteiger partial charge in [-0.1, -0.05) is 23.7 Å². The van der Waals surface area contributed by atoms with E-state index in [4.69, 9.17) is 11.6 Å². The summed E-state index contributed by atoms with van der Waals surface area (Å²) in [7, 11) is 0. The Morgan fingerprint density at radius 1 is 1.25 bits per heavy atom. The number of carbonyl (C=O) groups is 1. The zero-order valence-electron chi connectivity index (χ0n) is 12.2. The first kappa shape index (κ1) is 15.7. The molecule has 1 aromatic heterocycles. The third-order valence-corrected chi connectivity index (χ3v) is 3.57. The predicted molar refractivity (Wildman–Crippen MR) is 91.5 cm³/mol. The van der Waals surface area contributed by atoms with Crippen molar-refractivity contribution in [1.82, 2.24) is 10.4 Å². The number of benzene rings is 2. The van der Waals surface area contributed by atoms with Crippen molar-refractivity contribution >= 4 is 40.3 Å². The number of carbonyl (C=O) groups excluding carboxylic acids is 1. The number of hydrazone groups is 1. The van der Waals surface area contributed by atoms with Crippen LogP contribution in [-0.2, 0) is 0 Å². The third-order valence-electron chi connectivity index (χ3n) is 3.33. The van der Waals surface area contributed by atoms with Crippen LogP contribution in [0.2, 0.25) is 5.02 Å². The number of hydrogen-bond acceptors (Lipinski definition) is 4. The highest BCUT2D eigenvalue weighted by Gasteiger charge is 2.11. The van der Waals surface area contributed by atoms with Gasteiger partial charge in [-0.3, -0.25) is 14.9 Å². The van der Waals surface area contributed by atoms with Gasteiger partial charge in [0.05, 0.1) is 16.7 Å². The lowest BCUT2D eigenvalue weighted by atomic mass is 10.2. The van der Waals surface area contributed by atoms with Gasteiger partial charge in [-0.2, -0.15) is 5.10 Å². The fourth-order valence-corrected chi connectivity index (χ4v) is 2.39. The Labute approximate surface area is 141 Å². The molecular weight excluding hydrogens is 332 g/mol. The van der Waals surface area contributed by atoms with Crippen molar-refractivity contribution in [1.29, 1.82) is 0 Å². The highest BCUT2D eigenvalue weighted by Crippen LogP contribution is 2.20. The molecule has 120 valence electrons. The van der Waals surface area contributed by atoms with E-state index in [2.05, 4.69) is 15.5 Å². The average Bonchev–Trinajstić information content (AvgIpc) is 2.98. The third kappa shape index (κ3) is 3.26. The second-order valence-corrected chi connectivity index (χ2v) is 5.37. The predicted octanol–water partition coefficient (Wildman–Crippen LogP) is 3.49. The Hall–Kier alpha value is -3.19. The van der Waals surface area contributed by atoms with Crippen LogP contribution in [0.4, 0.5) is 5.69 Å². The number of halogens is 1. The summed E-state index contributed by atoms with van der Waals surface area (Å²) in [4.78, 5) is 25.4. The molecule has 3 aromatic rings. The molecule has 0 bridgehead atoms. The molecule has 24 heavy (non-hydrogen) atoms. The molecule has 0 spiro atoms. The molecule has 0 radical (unpaired) electrons. The van der Waals surface area contributed by atoms with E-state index in [9.17, 15) is 14.9 Å². The van der Waals surface area contributed by atoms with Gasteiger partial charge in [0.25, 0.3) is 11.6 Å². The maximum atomic E-state index is 12.1. The fraction of sp³-hybridized carbons (Fsp3) is 0. The van der Waals surface area contributed by atoms with Gasteiger partial charge in [-0.15, -0.1) is 0 Å². The van der Waals surface area contributed by atoms with Crippen molar-refractivity contribution in [3.05, 3.63) is 74.9 Å². The zero-order valence-corrected chi connectivity index (χ0v) is 12.9. The molecule has 1 heterocycles. The summed E-state index contributed by atoms with van der Waals surface area (Å²) in [6, 6.07) is 13.0. The lowest BCUT2D eigenvalue weighted by Gasteiger charge is -1.97.